The number of fused-ring (bicyclic) bond motifs is 1. The number of piperidine rings is 1. The molecule has 0 radical (unpaired) electrons. The molecule has 1 saturated heterocycles. The molecule has 0 aliphatic carbocycles. The lowest BCUT2D eigenvalue weighted by Crippen LogP contribution is -2.34. The number of benzene rings is 1. The smallest absolute Gasteiger partial charge is 0.231 e. The van der Waals surface area contributed by atoms with Crippen molar-refractivity contribution in [3.8, 4) is 0 Å². The Morgan fingerprint density at radius 1 is 1.37 bits per heavy atom. The number of carbonyl (C=O) groups excluding carboxylic acids is 1. The minimum atomic E-state index is 0.209. The van der Waals surface area contributed by atoms with Gasteiger partial charge < -0.3 is 10.2 Å². The third-order valence-corrected chi connectivity index (χ3v) is 4.41. The fourth-order valence-corrected chi connectivity index (χ4v) is 3.19. The van der Waals surface area contributed by atoms with Gasteiger partial charge in [-0.2, -0.15) is 0 Å². The van der Waals surface area contributed by atoms with Crippen LogP contribution in [-0.2, 0) is 17.6 Å². The molecule has 0 aromatic heterocycles. The molecule has 2 aliphatic rings. The minimum Gasteiger partial charge on any atom is -0.315 e. The summed E-state index contributed by atoms with van der Waals surface area (Å²) in [6.45, 7) is 1.17. The summed E-state index contributed by atoms with van der Waals surface area (Å²) in [5.74, 6) is 0.209. The number of hydrogen-bond acceptors (Lipinski definition) is 2. The number of amides is 1. The summed E-state index contributed by atoms with van der Waals surface area (Å²) in [4.78, 5) is 13.4. The molecule has 1 N–H and O–H groups in total. The molecule has 102 valence electrons. The summed E-state index contributed by atoms with van der Waals surface area (Å²) in [6, 6.07) is 7.19. The monoisotopic (exact) mass is 258 g/mol. The number of anilines is 1. The predicted octanol–water partition coefficient (Wildman–Crippen LogP) is 2.28. The molecular weight excluding hydrogens is 236 g/mol. The highest BCUT2D eigenvalue weighted by atomic mass is 16.2. The number of aryl methyl sites for hydroxylation is 1. The maximum atomic E-state index is 11.7. The normalized spacial score (nSPS) is 22.7. The standard InChI is InChI=1S/C16H22N2O/c1-18-15-8-6-12(10-13(15)11-16(18)19)5-7-14-4-2-3-9-17-14/h6,8,10,14,17H,2-5,7,9,11H2,1H3. The first kappa shape index (κ1) is 12.7. The van der Waals surface area contributed by atoms with Gasteiger partial charge in [-0.25, -0.2) is 0 Å². The summed E-state index contributed by atoms with van der Waals surface area (Å²) >= 11 is 0. The molecule has 3 rings (SSSR count). The molecule has 0 saturated carbocycles. The van der Waals surface area contributed by atoms with Gasteiger partial charge in [0.15, 0.2) is 0 Å². The topological polar surface area (TPSA) is 32.3 Å². The van der Waals surface area contributed by atoms with Crippen LogP contribution in [0.5, 0.6) is 0 Å². The van der Waals surface area contributed by atoms with Crippen molar-refractivity contribution >= 4 is 11.6 Å². The van der Waals surface area contributed by atoms with Crippen molar-refractivity contribution < 1.29 is 4.79 Å². The van der Waals surface area contributed by atoms with E-state index in [4.69, 9.17) is 0 Å². The van der Waals surface area contributed by atoms with Crippen LogP contribution in [0.3, 0.4) is 0 Å². The molecule has 2 heterocycles. The largest absolute Gasteiger partial charge is 0.315 e. The molecule has 1 unspecified atom stereocenters. The van der Waals surface area contributed by atoms with Crippen LogP contribution in [-0.4, -0.2) is 25.5 Å². The van der Waals surface area contributed by atoms with Gasteiger partial charge in [0.25, 0.3) is 0 Å². The van der Waals surface area contributed by atoms with Gasteiger partial charge >= 0.3 is 0 Å². The summed E-state index contributed by atoms with van der Waals surface area (Å²) in [7, 11) is 1.86. The zero-order chi connectivity index (χ0) is 13.2. The Hall–Kier alpha value is -1.35. The average Bonchev–Trinajstić information content (AvgIpc) is 2.73. The van der Waals surface area contributed by atoms with Crippen LogP contribution in [0, 0.1) is 0 Å². The quantitative estimate of drug-likeness (QED) is 0.902. The number of nitrogens with one attached hydrogen (secondary N) is 1. The molecule has 1 aromatic carbocycles. The van der Waals surface area contributed by atoms with Gasteiger partial charge in [-0.05, 0) is 49.4 Å². The second-order valence-corrected chi connectivity index (χ2v) is 5.78. The number of nitrogens with zero attached hydrogens (tertiary/aromatic N) is 1. The van der Waals surface area contributed by atoms with Crippen molar-refractivity contribution in [1.82, 2.24) is 5.32 Å². The number of likely N-dealkylation sites (N-methyl/N-ethyl adjacent to an activating group) is 1. The average molecular weight is 258 g/mol. The maximum absolute atomic E-state index is 11.7. The number of hydrogen-bond donors (Lipinski definition) is 1. The van der Waals surface area contributed by atoms with E-state index >= 15 is 0 Å². The molecule has 0 spiro atoms. The van der Waals surface area contributed by atoms with Crippen molar-refractivity contribution in [1.29, 1.82) is 0 Å². The molecule has 1 atom stereocenters. The summed E-state index contributed by atoms with van der Waals surface area (Å²) in [5, 5.41) is 3.59. The van der Waals surface area contributed by atoms with E-state index in [0.29, 0.717) is 12.5 Å². The zero-order valence-electron chi connectivity index (χ0n) is 11.6. The molecule has 3 heteroatoms. The number of carbonyl (C=O) groups is 1. The maximum Gasteiger partial charge on any atom is 0.231 e. The van der Waals surface area contributed by atoms with Crippen LogP contribution < -0.4 is 10.2 Å². The Morgan fingerprint density at radius 2 is 2.26 bits per heavy atom. The van der Waals surface area contributed by atoms with E-state index in [-0.39, 0.29) is 5.91 Å². The Balaban J connectivity index is 1.63. The summed E-state index contributed by atoms with van der Waals surface area (Å²) < 4.78 is 0. The molecule has 1 aromatic rings. The van der Waals surface area contributed by atoms with Gasteiger partial charge in [-0.15, -0.1) is 0 Å². The van der Waals surface area contributed by atoms with Crippen LogP contribution in [0.2, 0.25) is 0 Å². The highest BCUT2D eigenvalue weighted by Gasteiger charge is 2.23. The van der Waals surface area contributed by atoms with E-state index in [1.165, 1.54) is 43.4 Å². The first-order valence-electron chi connectivity index (χ1n) is 7.36. The van der Waals surface area contributed by atoms with Gasteiger partial charge in [0, 0.05) is 18.8 Å². The van der Waals surface area contributed by atoms with E-state index in [1.807, 2.05) is 7.05 Å². The Morgan fingerprint density at radius 3 is 3.05 bits per heavy atom. The van der Waals surface area contributed by atoms with Crippen LogP contribution in [0.15, 0.2) is 18.2 Å². The Bertz CT molecular complexity index is 478. The first-order chi connectivity index (χ1) is 9.24. The predicted molar refractivity (Wildman–Crippen MR) is 77.5 cm³/mol. The van der Waals surface area contributed by atoms with Gasteiger partial charge in [-0.1, -0.05) is 18.6 Å². The van der Waals surface area contributed by atoms with Crippen molar-refractivity contribution in [2.45, 2.75) is 44.6 Å². The lowest BCUT2D eigenvalue weighted by molar-refractivity contribution is -0.117. The second kappa shape index (κ2) is 5.33. The molecule has 0 bridgehead atoms. The van der Waals surface area contributed by atoms with Gasteiger partial charge in [0.05, 0.1) is 6.42 Å². The Labute approximate surface area is 115 Å². The lowest BCUT2D eigenvalue weighted by atomic mass is 9.97. The second-order valence-electron chi connectivity index (χ2n) is 5.78. The zero-order valence-corrected chi connectivity index (χ0v) is 11.6. The van der Waals surface area contributed by atoms with E-state index in [2.05, 4.69) is 23.5 Å². The SMILES string of the molecule is CN1C(=O)Cc2cc(CCC3CCCCN3)ccc21. The van der Waals surface area contributed by atoms with Gasteiger partial charge in [-0.3, -0.25) is 4.79 Å². The summed E-state index contributed by atoms with van der Waals surface area (Å²) in [6.07, 6.45) is 6.89. The Kier molecular flexibility index (Phi) is 3.56. The van der Waals surface area contributed by atoms with E-state index in [1.54, 1.807) is 4.90 Å². The van der Waals surface area contributed by atoms with E-state index in [0.717, 1.165) is 12.1 Å². The third kappa shape index (κ3) is 2.66. The van der Waals surface area contributed by atoms with Crippen LogP contribution in [0.4, 0.5) is 5.69 Å². The van der Waals surface area contributed by atoms with Gasteiger partial charge in [0.2, 0.25) is 5.91 Å². The fourth-order valence-electron chi connectivity index (χ4n) is 3.19. The molecule has 19 heavy (non-hydrogen) atoms. The van der Waals surface area contributed by atoms with Crippen molar-refractivity contribution in [3.63, 3.8) is 0 Å². The van der Waals surface area contributed by atoms with E-state index in [9.17, 15) is 4.79 Å². The highest BCUT2D eigenvalue weighted by Crippen LogP contribution is 2.28. The minimum absolute atomic E-state index is 0.209. The molecular formula is C16H22N2O. The van der Waals surface area contributed by atoms with Crippen LogP contribution in [0.25, 0.3) is 0 Å². The molecule has 1 fully saturated rings. The molecule has 3 nitrogen and oxygen atoms in total. The third-order valence-electron chi connectivity index (χ3n) is 4.41. The van der Waals surface area contributed by atoms with E-state index < -0.39 is 0 Å². The van der Waals surface area contributed by atoms with Crippen LogP contribution in [0.1, 0.15) is 36.8 Å². The molecule has 2 aliphatic heterocycles. The number of rotatable bonds is 3. The van der Waals surface area contributed by atoms with Gasteiger partial charge in [0.1, 0.15) is 0 Å². The van der Waals surface area contributed by atoms with Crippen molar-refractivity contribution in [2.75, 3.05) is 18.5 Å². The van der Waals surface area contributed by atoms with Crippen molar-refractivity contribution in [2.24, 2.45) is 0 Å². The molecule has 1 amide bonds. The first-order valence-corrected chi connectivity index (χ1v) is 7.36. The lowest BCUT2D eigenvalue weighted by Gasteiger charge is -2.23. The summed E-state index contributed by atoms with van der Waals surface area (Å²) in [5.41, 5.74) is 3.65. The highest BCUT2D eigenvalue weighted by molar-refractivity contribution is 6.00. The fraction of sp³-hybridized carbons (Fsp3) is 0.562. The van der Waals surface area contributed by atoms with Crippen LogP contribution >= 0.6 is 0 Å². The van der Waals surface area contributed by atoms with Crippen molar-refractivity contribution in [3.05, 3.63) is 29.3 Å².